The van der Waals surface area contributed by atoms with Crippen molar-refractivity contribution in [2.45, 2.75) is 50.3 Å². The van der Waals surface area contributed by atoms with Crippen LogP contribution in [-0.4, -0.2) is 53.9 Å². The standard InChI is InChI=1S/C21H32N4OS/c1-3-23-19(26)18-9-7-8-17(14-18)15-24-20(22-2)25-12-13-27-21(16-25)10-5-4-6-11-21/h7-9,14H,3-6,10-13,15-16H2,1-2H3,(H,22,24)(H,23,26). The van der Waals surface area contributed by atoms with Gasteiger partial charge in [0.1, 0.15) is 0 Å². The van der Waals surface area contributed by atoms with Gasteiger partial charge in [0.15, 0.2) is 5.96 Å². The molecule has 2 fully saturated rings. The number of carbonyl (C=O) groups excluding carboxylic acids is 1. The summed E-state index contributed by atoms with van der Waals surface area (Å²) in [5.74, 6) is 2.13. The molecule has 1 amide bonds. The van der Waals surface area contributed by atoms with Crippen LogP contribution in [0.2, 0.25) is 0 Å². The highest BCUT2D eigenvalue weighted by molar-refractivity contribution is 8.00. The number of rotatable bonds is 4. The third kappa shape index (κ3) is 5.18. The molecule has 1 aromatic carbocycles. The second-order valence-corrected chi connectivity index (χ2v) is 9.04. The molecule has 3 rings (SSSR count). The molecule has 5 nitrogen and oxygen atoms in total. The Balaban J connectivity index is 1.61. The van der Waals surface area contributed by atoms with Gasteiger partial charge in [-0.3, -0.25) is 9.79 Å². The van der Waals surface area contributed by atoms with E-state index in [4.69, 9.17) is 0 Å². The zero-order valence-corrected chi connectivity index (χ0v) is 17.4. The van der Waals surface area contributed by atoms with Crippen molar-refractivity contribution in [2.24, 2.45) is 4.99 Å². The Morgan fingerprint density at radius 2 is 2.07 bits per heavy atom. The van der Waals surface area contributed by atoms with Crippen LogP contribution in [0.25, 0.3) is 0 Å². The minimum Gasteiger partial charge on any atom is -0.352 e. The number of hydrogen-bond donors (Lipinski definition) is 2. The van der Waals surface area contributed by atoms with E-state index in [1.165, 1.54) is 37.9 Å². The normalized spacial score (nSPS) is 19.8. The monoisotopic (exact) mass is 388 g/mol. The van der Waals surface area contributed by atoms with Crippen LogP contribution in [0.1, 0.15) is 54.9 Å². The molecular weight excluding hydrogens is 356 g/mol. The van der Waals surface area contributed by atoms with Gasteiger partial charge in [0.05, 0.1) is 0 Å². The Morgan fingerprint density at radius 3 is 2.81 bits per heavy atom. The van der Waals surface area contributed by atoms with E-state index in [0.717, 1.165) is 24.6 Å². The number of carbonyl (C=O) groups is 1. The lowest BCUT2D eigenvalue weighted by Gasteiger charge is -2.45. The molecule has 1 heterocycles. The number of nitrogens with zero attached hydrogens (tertiary/aromatic N) is 2. The van der Waals surface area contributed by atoms with Crippen LogP contribution >= 0.6 is 11.8 Å². The predicted octanol–water partition coefficient (Wildman–Crippen LogP) is 3.26. The molecule has 1 aromatic rings. The minimum absolute atomic E-state index is 0.0176. The topological polar surface area (TPSA) is 56.7 Å². The van der Waals surface area contributed by atoms with Crippen molar-refractivity contribution in [3.8, 4) is 0 Å². The molecule has 0 bridgehead atoms. The molecule has 0 aromatic heterocycles. The number of thioether (sulfide) groups is 1. The van der Waals surface area contributed by atoms with Crippen molar-refractivity contribution in [3.05, 3.63) is 35.4 Å². The maximum absolute atomic E-state index is 12.0. The number of hydrogen-bond acceptors (Lipinski definition) is 3. The highest BCUT2D eigenvalue weighted by Crippen LogP contribution is 2.42. The molecule has 1 saturated heterocycles. The Kier molecular flexibility index (Phi) is 7.05. The molecule has 2 N–H and O–H groups in total. The van der Waals surface area contributed by atoms with Crippen LogP contribution in [0.15, 0.2) is 29.3 Å². The highest BCUT2D eigenvalue weighted by atomic mass is 32.2. The van der Waals surface area contributed by atoms with E-state index in [0.29, 0.717) is 23.4 Å². The predicted molar refractivity (Wildman–Crippen MR) is 114 cm³/mol. The first-order valence-electron chi connectivity index (χ1n) is 10.1. The lowest BCUT2D eigenvalue weighted by atomic mass is 9.87. The lowest BCUT2D eigenvalue weighted by Crippen LogP contribution is -2.53. The smallest absolute Gasteiger partial charge is 0.251 e. The fraction of sp³-hybridized carbons (Fsp3) is 0.619. The first-order valence-corrected chi connectivity index (χ1v) is 11.1. The number of benzene rings is 1. The number of amides is 1. The van der Waals surface area contributed by atoms with Gasteiger partial charge >= 0.3 is 0 Å². The van der Waals surface area contributed by atoms with E-state index in [9.17, 15) is 4.79 Å². The summed E-state index contributed by atoms with van der Waals surface area (Å²) in [6.45, 7) is 5.39. The van der Waals surface area contributed by atoms with Crippen molar-refractivity contribution >= 4 is 23.6 Å². The number of guanidine groups is 1. The second kappa shape index (κ2) is 9.49. The molecule has 0 atom stereocenters. The van der Waals surface area contributed by atoms with E-state index >= 15 is 0 Å². The van der Waals surface area contributed by atoms with Crippen LogP contribution in [0.4, 0.5) is 0 Å². The average molecular weight is 389 g/mol. The lowest BCUT2D eigenvalue weighted by molar-refractivity contribution is 0.0955. The molecule has 2 aliphatic rings. The van der Waals surface area contributed by atoms with E-state index in [2.05, 4.69) is 38.4 Å². The summed E-state index contributed by atoms with van der Waals surface area (Å²) in [6, 6.07) is 7.81. The van der Waals surface area contributed by atoms with Crippen molar-refractivity contribution < 1.29 is 4.79 Å². The average Bonchev–Trinajstić information content (AvgIpc) is 2.70. The van der Waals surface area contributed by atoms with Crippen LogP contribution in [0.5, 0.6) is 0 Å². The Hall–Kier alpha value is -1.69. The number of nitrogens with one attached hydrogen (secondary N) is 2. The first kappa shape index (κ1) is 20.1. The van der Waals surface area contributed by atoms with Gasteiger partial charge in [0.25, 0.3) is 5.91 Å². The summed E-state index contributed by atoms with van der Waals surface area (Å²) < 4.78 is 0.423. The highest BCUT2D eigenvalue weighted by Gasteiger charge is 2.38. The van der Waals surface area contributed by atoms with Crippen LogP contribution in [-0.2, 0) is 6.54 Å². The van der Waals surface area contributed by atoms with Crippen molar-refractivity contribution in [2.75, 3.05) is 32.4 Å². The third-order valence-electron chi connectivity index (χ3n) is 5.50. The van der Waals surface area contributed by atoms with Crippen molar-refractivity contribution in [3.63, 3.8) is 0 Å². The number of aliphatic imine (C=N–C) groups is 1. The maximum Gasteiger partial charge on any atom is 0.251 e. The van der Waals surface area contributed by atoms with Gasteiger partial charge in [0, 0.05) is 49.3 Å². The van der Waals surface area contributed by atoms with E-state index < -0.39 is 0 Å². The molecule has 1 spiro atoms. The molecule has 148 valence electrons. The molecule has 1 aliphatic heterocycles. The largest absolute Gasteiger partial charge is 0.352 e. The van der Waals surface area contributed by atoms with Gasteiger partial charge in [-0.1, -0.05) is 31.4 Å². The fourth-order valence-corrected chi connectivity index (χ4v) is 5.69. The van der Waals surface area contributed by atoms with Gasteiger partial charge < -0.3 is 15.5 Å². The second-order valence-electron chi connectivity index (χ2n) is 7.47. The van der Waals surface area contributed by atoms with Gasteiger partial charge in [0.2, 0.25) is 0 Å². The molecule has 1 aliphatic carbocycles. The molecular formula is C21H32N4OS. The van der Waals surface area contributed by atoms with Crippen LogP contribution in [0, 0.1) is 0 Å². The summed E-state index contributed by atoms with van der Waals surface area (Å²) in [7, 11) is 1.86. The summed E-state index contributed by atoms with van der Waals surface area (Å²) in [5, 5.41) is 6.37. The molecule has 1 saturated carbocycles. The third-order valence-corrected chi connectivity index (χ3v) is 7.04. The van der Waals surface area contributed by atoms with Gasteiger partial charge in [-0.25, -0.2) is 0 Å². The summed E-state index contributed by atoms with van der Waals surface area (Å²) in [4.78, 5) is 19.0. The van der Waals surface area contributed by atoms with Gasteiger partial charge in [-0.2, -0.15) is 11.8 Å². The SMILES string of the molecule is CCNC(=O)c1cccc(CNC(=NC)N2CCSC3(CCCCC3)C2)c1. The summed E-state index contributed by atoms with van der Waals surface area (Å²) >= 11 is 2.17. The first-order chi connectivity index (χ1) is 13.2. The molecule has 0 unspecified atom stereocenters. The van der Waals surface area contributed by atoms with Gasteiger partial charge in [-0.15, -0.1) is 0 Å². The molecule has 6 heteroatoms. The Bertz CT molecular complexity index is 664. The minimum atomic E-state index is -0.0176. The Labute approximate surface area is 167 Å². The maximum atomic E-state index is 12.0. The van der Waals surface area contributed by atoms with E-state index in [1.807, 2.05) is 32.2 Å². The quantitative estimate of drug-likeness (QED) is 0.614. The fourth-order valence-electron chi connectivity index (χ4n) is 4.12. The van der Waals surface area contributed by atoms with E-state index in [1.54, 1.807) is 0 Å². The van der Waals surface area contributed by atoms with Gasteiger partial charge in [-0.05, 0) is 37.5 Å². The molecule has 27 heavy (non-hydrogen) atoms. The Morgan fingerprint density at radius 1 is 1.26 bits per heavy atom. The summed E-state index contributed by atoms with van der Waals surface area (Å²) in [5.41, 5.74) is 1.81. The zero-order chi connectivity index (χ0) is 19.1. The summed E-state index contributed by atoms with van der Waals surface area (Å²) in [6.07, 6.45) is 6.77. The van der Waals surface area contributed by atoms with Crippen molar-refractivity contribution in [1.82, 2.24) is 15.5 Å². The van der Waals surface area contributed by atoms with Crippen molar-refractivity contribution in [1.29, 1.82) is 0 Å². The van der Waals surface area contributed by atoms with Crippen LogP contribution < -0.4 is 10.6 Å². The van der Waals surface area contributed by atoms with Crippen LogP contribution in [0.3, 0.4) is 0 Å². The zero-order valence-electron chi connectivity index (χ0n) is 16.6. The molecule has 0 radical (unpaired) electrons. The van der Waals surface area contributed by atoms with E-state index in [-0.39, 0.29) is 5.91 Å².